The normalized spacial score (nSPS) is 12.9. The number of aromatic nitrogens is 4. The molecule has 6 heteroatoms. The molecule has 0 saturated carbocycles. The molecule has 6 nitrogen and oxygen atoms in total. The summed E-state index contributed by atoms with van der Waals surface area (Å²) in [4.78, 5) is 16.6. The average molecular weight is 291 g/mol. The molecule has 0 aliphatic rings. The van der Waals surface area contributed by atoms with Crippen LogP contribution < -0.4 is 10.9 Å². The van der Waals surface area contributed by atoms with Crippen molar-refractivity contribution < 1.29 is 0 Å². The molecule has 0 aliphatic carbocycles. The second-order valence-corrected chi connectivity index (χ2v) is 5.45. The standard InChI is InChI=1S/C15H25N5O/c1-4-8-16-12(5-2)7-6-9-20-11-17-14-13(15(20)21)10-18-19(14)3/h10-12,16H,4-9H2,1-3H3. The summed E-state index contributed by atoms with van der Waals surface area (Å²) in [6, 6.07) is 0.538. The Morgan fingerprint density at radius 1 is 1.38 bits per heavy atom. The first-order valence-electron chi connectivity index (χ1n) is 7.77. The summed E-state index contributed by atoms with van der Waals surface area (Å²) < 4.78 is 3.32. The molecule has 1 N–H and O–H groups in total. The summed E-state index contributed by atoms with van der Waals surface area (Å²) >= 11 is 0. The second kappa shape index (κ2) is 7.36. The van der Waals surface area contributed by atoms with E-state index in [9.17, 15) is 4.79 Å². The Labute approximate surface area is 125 Å². The van der Waals surface area contributed by atoms with Crippen LogP contribution >= 0.6 is 0 Å². The van der Waals surface area contributed by atoms with Crippen molar-refractivity contribution in [1.29, 1.82) is 0 Å². The molecule has 2 aromatic heterocycles. The van der Waals surface area contributed by atoms with Crippen LogP contribution in [0.15, 0.2) is 17.3 Å². The molecule has 2 aromatic rings. The van der Waals surface area contributed by atoms with Crippen LogP contribution in [-0.4, -0.2) is 31.9 Å². The maximum atomic E-state index is 12.3. The van der Waals surface area contributed by atoms with E-state index < -0.39 is 0 Å². The lowest BCUT2D eigenvalue weighted by Crippen LogP contribution is -2.29. The van der Waals surface area contributed by atoms with Crippen molar-refractivity contribution in [2.24, 2.45) is 7.05 Å². The van der Waals surface area contributed by atoms with E-state index in [1.165, 1.54) is 0 Å². The molecule has 0 fully saturated rings. The molecule has 2 rings (SSSR count). The Balaban J connectivity index is 1.97. The molecule has 1 atom stereocenters. The quantitative estimate of drug-likeness (QED) is 0.804. The fourth-order valence-electron chi connectivity index (χ4n) is 2.53. The van der Waals surface area contributed by atoms with Gasteiger partial charge in [-0.05, 0) is 32.2 Å². The minimum Gasteiger partial charge on any atom is -0.314 e. The maximum Gasteiger partial charge on any atom is 0.264 e. The smallest absolute Gasteiger partial charge is 0.264 e. The molecular formula is C15H25N5O. The van der Waals surface area contributed by atoms with Crippen LogP contribution in [0.1, 0.15) is 39.5 Å². The van der Waals surface area contributed by atoms with Gasteiger partial charge in [0.25, 0.3) is 5.56 Å². The van der Waals surface area contributed by atoms with E-state index in [1.54, 1.807) is 28.8 Å². The number of nitrogens with one attached hydrogen (secondary N) is 1. The van der Waals surface area contributed by atoms with Gasteiger partial charge in [-0.2, -0.15) is 5.10 Å². The van der Waals surface area contributed by atoms with Gasteiger partial charge in [-0.1, -0.05) is 13.8 Å². The summed E-state index contributed by atoms with van der Waals surface area (Å²) in [7, 11) is 1.80. The Hall–Kier alpha value is -1.69. The zero-order valence-electron chi connectivity index (χ0n) is 13.2. The Morgan fingerprint density at radius 2 is 2.19 bits per heavy atom. The summed E-state index contributed by atoms with van der Waals surface area (Å²) in [6.07, 6.45) is 7.55. The molecule has 2 heterocycles. The van der Waals surface area contributed by atoms with E-state index >= 15 is 0 Å². The van der Waals surface area contributed by atoms with Crippen LogP contribution in [0.25, 0.3) is 11.0 Å². The van der Waals surface area contributed by atoms with E-state index in [-0.39, 0.29) is 5.56 Å². The van der Waals surface area contributed by atoms with Crippen molar-refractivity contribution >= 4 is 11.0 Å². The van der Waals surface area contributed by atoms with Gasteiger partial charge in [0.05, 0.1) is 12.5 Å². The lowest BCUT2D eigenvalue weighted by molar-refractivity contribution is 0.437. The molecule has 1 unspecified atom stereocenters. The van der Waals surface area contributed by atoms with E-state index in [1.807, 2.05) is 0 Å². The van der Waals surface area contributed by atoms with Crippen molar-refractivity contribution in [3.05, 3.63) is 22.9 Å². The first-order chi connectivity index (χ1) is 10.2. The largest absolute Gasteiger partial charge is 0.314 e. The molecular weight excluding hydrogens is 266 g/mol. The van der Waals surface area contributed by atoms with Crippen LogP contribution in [0.5, 0.6) is 0 Å². The molecule has 116 valence electrons. The van der Waals surface area contributed by atoms with Crippen LogP contribution in [0.2, 0.25) is 0 Å². The topological polar surface area (TPSA) is 64.7 Å². The predicted octanol–water partition coefficient (Wildman–Crippen LogP) is 1.69. The predicted molar refractivity (Wildman–Crippen MR) is 84.4 cm³/mol. The van der Waals surface area contributed by atoms with Gasteiger partial charge in [0.15, 0.2) is 5.65 Å². The molecule has 0 amide bonds. The van der Waals surface area contributed by atoms with Crippen LogP contribution in [0.4, 0.5) is 0 Å². The zero-order valence-corrected chi connectivity index (χ0v) is 13.2. The van der Waals surface area contributed by atoms with Gasteiger partial charge in [-0.3, -0.25) is 14.0 Å². The maximum absolute atomic E-state index is 12.3. The Bertz CT molecular complexity index is 631. The molecule has 0 radical (unpaired) electrons. The van der Waals surface area contributed by atoms with Gasteiger partial charge in [0, 0.05) is 19.6 Å². The van der Waals surface area contributed by atoms with Crippen molar-refractivity contribution in [1.82, 2.24) is 24.6 Å². The van der Waals surface area contributed by atoms with Crippen LogP contribution in [0, 0.1) is 0 Å². The fourth-order valence-corrected chi connectivity index (χ4v) is 2.53. The first kappa shape index (κ1) is 15.7. The minimum absolute atomic E-state index is 0.00247. The number of hydrogen-bond acceptors (Lipinski definition) is 4. The number of rotatable bonds is 8. The van der Waals surface area contributed by atoms with Crippen molar-refractivity contribution in [2.75, 3.05) is 6.54 Å². The molecule has 0 saturated heterocycles. The highest BCUT2D eigenvalue weighted by molar-refractivity contribution is 5.72. The van der Waals surface area contributed by atoms with Crippen molar-refractivity contribution in [2.45, 2.75) is 52.1 Å². The Morgan fingerprint density at radius 3 is 2.90 bits per heavy atom. The molecule has 0 spiro atoms. The second-order valence-electron chi connectivity index (χ2n) is 5.45. The summed E-state index contributed by atoms with van der Waals surface area (Å²) in [5.74, 6) is 0. The van der Waals surface area contributed by atoms with Crippen molar-refractivity contribution in [3.8, 4) is 0 Å². The summed E-state index contributed by atoms with van der Waals surface area (Å²) in [5, 5.41) is 8.21. The van der Waals surface area contributed by atoms with E-state index in [0.29, 0.717) is 23.6 Å². The number of nitrogens with zero attached hydrogens (tertiary/aromatic N) is 4. The van der Waals surface area contributed by atoms with E-state index in [4.69, 9.17) is 0 Å². The SMILES string of the molecule is CCCNC(CC)CCCn1cnc2c(cnn2C)c1=O. The molecule has 21 heavy (non-hydrogen) atoms. The van der Waals surface area contributed by atoms with Gasteiger partial charge in [0.2, 0.25) is 0 Å². The number of hydrogen-bond donors (Lipinski definition) is 1. The zero-order chi connectivity index (χ0) is 15.2. The van der Waals surface area contributed by atoms with Gasteiger partial charge >= 0.3 is 0 Å². The van der Waals surface area contributed by atoms with Gasteiger partial charge < -0.3 is 5.32 Å². The highest BCUT2D eigenvalue weighted by Crippen LogP contribution is 2.06. The van der Waals surface area contributed by atoms with E-state index in [0.717, 1.165) is 32.2 Å². The lowest BCUT2D eigenvalue weighted by Gasteiger charge is -2.16. The Kier molecular flexibility index (Phi) is 5.50. The highest BCUT2D eigenvalue weighted by atomic mass is 16.1. The third-order valence-electron chi connectivity index (χ3n) is 3.85. The van der Waals surface area contributed by atoms with Gasteiger partial charge in [0.1, 0.15) is 5.39 Å². The molecule has 0 bridgehead atoms. The van der Waals surface area contributed by atoms with Crippen LogP contribution in [0.3, 0.4) is 0 Å². The number of aryl methyl sites for hydroxylation is 2. The summed E-state index contributed by atoms with van der Waals surface area (Å²) in [5.41, 5.74) is 0.648. The van der Waals surface area contributed by atoms with Gasteiger partial charge in [-0.25, -0.2) is 4.98 Å². The average Bonchev–Trinajstić information content (AvgIpc) is 2.87. The minimum atomic E-state index is 0.00247. The van der Waals surface area contributed by atoms with Crippen LogP contribution in [-0.2, 0) is 13.6 Å². The monoisotopic (exact) mass is 291 g/mol. The highest BCUT2D eigenvalue weighted by Gasteiger charge is 2.09. The van der Waals surface area contributed by atoms with E-state index in [2.05, 4.69) is 29.2 Å². The fraction of sp³-hybridized carbons (Fsp3) is 0.667. The van der Waals surface area contributed by atoms with Crippen molar-refractivity contribution in [3.63, 3.8) is 0 Å². The molecule has 0 aromatic carbocycles. The third kappa shape index (κ3) is 3.69. The lowest BCUT2D eigenvalue weighted by atomic mass is 10.1. The van der Waals surface area contributed by atoms with Gasteiger partial charge in [-0.15, -0.1) is 0 Å². The third-order valence-corrected chi connectivity index (χ3v) is 3.85. The molecule has 0 aliphatic heterocycles. The first-order valence-corrected chi connectivity index (χ1v) is 7.77. The summed E-state index contributed by atoms with van der Waals surface area (Å²) in [6.45, 7) is 6.14. The number of fused-ring (bicyclic) bond motifs is 1.